The molecule has 3 unspecified atom stereocenters. The molecule has 0 spiro atoms. The lowest BCUT2D eigenvalue weighted by Gasteiger charge is -2.13. The maximum atomic E-state index is 5.74. The number of nitrogens with one attached hydrogen (secondary N) is 1. The normalized spacial score (nSPS) is 26.3. The highest BCUT2D eigenvalue weighted by molar-refractivity contribution is 6.29. The van der Waals surface area contributed by atoms with Gasteiger partial charge in [0.25, 0.3) is 0 Å². The molecule has 0 bridgehead atoms. The topological polar surface area (TPSA) is 24.9 Å². The SMILES string of the molecule is CC(NCC1CC1C)c1ccc(Cl)nc1. The molecule has 0 saturated heterocycles. The average molecular weight is 225 g/mol. The van der Waals surface area contributed by atoms with E-state index in [1.54, 1.807) is 0 Å². The van der Waals surface area contributed by atoms with E-state index in [1.165, 1.54) is 12.0 Å². The summed E-state index contributed by atoms with van der Waals surface area (Å²) >= 11 is 5.74. The van der Waals surface area contributed by atoms with Gasteiger partial charge in [-0.2, -0.15) is 0 Å². The lowest BCUT2D eigenvalue weighted by molar-refractivity contribution is 0.534. The zero-order chi connectivity index (χ0) is 10.8. The maximum absolute atomic E-state index is 5.74. The molecule has 1 aromatic heterocycles. The van der Waals surface area contributed by atoms with Crippen LogP contribution in [0, 0.1) is 11.8 Å². The Balaban J connectivity index is 1.84. The van der Waals surface area contributed by atoms with E-state index in [0.717, 1.165) is 18.4 Å². The second-order valence-electron chi connectivity index (χ2n) is 4.52. The largest absolute Gasteiger partial charge is 0.310 e. The van der Waals surface area contributed by atoms with Crippen LogP contribution in [0.4, 0.5) is 0 Å². The highest BCUT2D eigenvalue weighted by Crippen LogP contribution is 2.37. The Morgan fingerprint density at radius 1 is 1.60 bits per heavy atom. The summed E-state index contributed by atoms with van der Waals surface area (Å²) in [6, 6.07) is 4.24. The first-order valence-corrected chi connectivity index (χ1v) is 5.89. The van der Waals surface area contributed by atoms with Gasteiger partial charge in [0, 0.05) is 12.2 Å². The van der Waals surface area contributed by atoms with Gasteiger partial charge >= 0.3 is 0 Å². The second-order valence-corrected chi connectivity index (χ2v) is 4.90. The number of aromatic nitrogens is 1. The van der Waals surface area contributed by atoms with Gasteiger partial charge in [-0.05, 0) is 43.4 Å². The van der Waals surface area contributed by atoms with Gasteiger partial charge in [-0.15, -0.1) is 0 Å². The van der Waals surface area contributed by atoms with Gasteiger partial charge in [-0.3, -0.25) is 0 Å². The number of pyridine rings is 1. The van der Waals surface area contributed by atoms with Crippen molar-refractivity contribution in [3.8, 4) is 0 Å². The summed E-state index contributed by atoms with van der Waals surface area (Å²) in [6.45, 7) is 5.59. The average Bonchev–Trinajstić information content (AvgIpc) is 2.92. The lowest BCUT2D eigenvalue weighted by atomic mass is 10.1. The quantitative estimate of drug-likeness (QED) is 0.796. The summed E-state index contributed by atoms with van der Waals surface area (Å²) in [5, 5.41) is 4.08. The molecule has 1 aliphatic carbocycles. The first-order chi connectivity index (χ1) is 7.16. The van der Waals surface area contributed by atoms with Crippen LogP contribution >= 0.6 is 11.6 Å². The Bertz CT molecular complexity index is 323. The molecule has 0 aliphatic heterocycles. The van der Waals surface area contributed by atoms with Gasteiger partial charge in [-0.1, -0.05) is 24.6 Å². The molecule has 1 fully saturated rings. The first kappa shape index (κ1) is 10.9. The van der Waals surface area contributed by atoms with E-state index in [-0.39, 0.29) is 0 Å². The van der Waals surface area contributed by atoms with Crippen molar-refractivity contribution in [2.75, 3.05) is 6.54 Å². The third-order valence-corrected chi connectivity index (χ3v) is 3.44. The molecule has 15 heavy (non-hydrogen) atoms. The highest BCUT2D eigenvalue weighted by atomic mass is 35.5. The number of hydrogen-bond donors (Lipinski definition) is 1. The molecule has 3 atom stereocenters. The number of hydrogen-bond acceptors (Lipinski definition) is 2. The van der Waals surface area contributed by atoms with E-state index >= 15 is 0 Å². The molecular formula is C12H17ClN2. The van der Waals surface area contributed by atoms with Crippen LogP contribution in [0.2, 0.25) is 5.15 Å². The molecule has 1 saturated carbocycles. The van der Waals surface area contributed by atoms with E-state index < -0.39 is 0 Å². The van der Waals surface area contributed by atoms with Crippen LogP contribution < -0.4 is 5.32 Å². The minimum Gasteiger partial charge on any atom is -0.310 e. The molecule has 2 nitrogen and oxygen atoms in total. The monoisotopic (exact) mass is 224 g/mol. The van der Waals surface area contributed by atoms with E-state index in [0.29, 0.717) is 11.2 Å². The Morgan fingerprint density at radius 2 is 2.33 bits per heavy atom. The van der Waals surface area contributed by atoms with Gasteiger partial charge in [-0.25, -0.2) is 4.98 Å². The molecular weight excluding hydrogens is 208 g/mol. The van der Waals surface area contributed by atoms with E-state index in [1.807, 2.05) is 18.3 Å². The standard InChI is InChI=1S/C12H17ClN2/c1-8-5-11(8)7-14-9(2)10-3-4-12(13)15-6-10/h3-4,6,8-9,11,14H,5,7H2,1-2H3. The molecule has 1 N–H and O–H groups in total. The minimum absolute atomic E-state index is 0.363. The van der Waals surface area contributed by atoms with Crippen LogP contribution in [0.25, 0.3) is 0 Å². The smallest absolute Gasteiger partial charge is 0.129 e. The summed E-state index contributed by atoms with van der Waals surface area (Å²) in [4.78, 5) is 4.08. The van der Waals surface area contributed by atoms with Crippen LogP contribution in [0.1, 0.15) is 31.9 Å². The predicted octanol–water partition coefficient (Wildman–Crippen LogP) is 3.04. The van der Waals surface area contributed by atoms with Gasteiger partial charge in [0.2, 0.25) is 0 Å². The Hall–Kier alpha value is -0.600. The van der Waals surface area contributed by atoms with Crippen molar-refractivity contribution in [1.29, 1.82) is 0 Å². The third kappa shape index (κ3) is 2.93. The van der Waals surface area contributed by atoms with Crippen molar-refractivity contribution in [1.82, 2.24) is 10.3 Å². The second kappa shape index (κ2) is 4.50. The predicted molar refractivity (Wildman–Crippen MR) is 62.9 cm³/mol. The molecule has 1 aliphatic rings. The fourth-order valence-electron chi connectivity index (χ4n) is 1.77. The van der Waals surface area contributed by atoms with Crippen molar-refractivity contribution < 1.29 is 0 Å². The van der Waals surface area contributed by atoms with Gasteiger partial charge in [0.1, 0.15) is 5.15 Å². The highest BCUT2D eigenvalue weighted by Gasteiger charge is 2.32. The summed E-state index contributed by atoms with van der Waals surface area (Å²) in [6.07, 6.45) is 3.22. The molecule has 0 aromatic carbocycles. The van der Waals surface area contributed by atoms with Crippen molar-refractivity contribution in [3.63, 3.8) is 0 Å². The molecule has 0 amide bonds. The number of nitrogens with zero attached hydrogens (tertiary/aromatic N) is 1. The summed E-state index contributed by atoms with van der Waals surface area (Å²) in [5.74, 6) is 1.79. The Kier molecular flexibility index (Phi) is 3.27. The van der Waals surface area contributed by atoms with Crippen molar-refractivity contribution in [2.45, 2.75) is 26.3 Å². The summed E-state index contributed by atoms with van der Waals surface area (Å²) in [5.41, 5.74) is 1.20. The van der Waals surface area contributed by atoms with Gasteiger partial charge in [0.05, 0.1) is 0 Å². The zero-order valence-electron chi connectivity index (χ0n) is 9.20. The zero-order valence-corrected chi connectivity index (χ0v) is 9.96. The number of rotatable bonds is 4. The molecule has 0 radical (unpaired) electrons. The van der Waals surface area contributed by atoms with Crippen molar-refractivity contribution in [2.24, 2.45) is 11.8 Å². The van der Waals surface area contributed by atoms with Crippen LogP contribution in [0.3, 0.4) is 0 Å². The van der Waals surface area contributed by atoms with Crippen LogP contribution in [0.5, 0.6) is 0 Å². The Morgan fingerprint density at radius 3 is 2.87 bits per heavy atom. The van der Waals surface area contributed by atoms with E-state index in [2.05, 4.69) is 24.1 Å². The van der Waals surface area contributed by atoms with Gasteiger partial charge in [0.15, 0.2) is 0 Å². The fourth-order valence-corrected chi connectivity index (χ4v) is 1.88. The van der Waals surface area contributed by atoms with Crippen molar-refractivity contribution in [3.05, 3.63) is 29.0 Å². The van der Waals surface area contributed by atoms with Crippen molar-refractivity contribution >= 4 is 11.6 Å². The minimum atomic E-state index is 0.363. The van der Waals surface area contributed by atoms with Gasteiger partial charge < -0.3 is 5.32 Å². The number of halogens is 1. The van der Waals surface area contributed by atoms with Crippen LogP contribution in [0.15, 0.2) is 18.3 Å². The molecule has 1 aromatic rings. The molecule has 2 rings (SSSR count). The van der Waals surface area contributed by atoms with Crippen LogP contribution in [-0.4, -0.2) is 11.5 Å². The van der Waals surface area contributed by atoms with E-state index in [4.69, 9.17) is 11.6 Å². The third-order valence-electron chi connectivity index (χ3n) is 3.21. The molecule has 82 valence electrons. The van der Waals surface area contributed by atoms with E-state index in [9.17, 15) is 0 Å². The Labute approximate surface area is 96.1 Å². The fraction of sp³-hybridized carbons (Fsp3) is 0.583. The summed E-state index contributed by atoms with van der Waals surface area (Å²) in [7, 11) is 0. The summed E-state index contributed by atoms with van der Waals surface area (Å²) < 4.78 is 0. The first-order valence-electron chi connectivity index (χ1n) is 5.51. The molecule has 3 heteroatoms. The molecule has 1 heterocycles. The lowest BCUT2D eigenvalue weighted by Crippen LogP contribution is -2.21. The maximum Gasteiger partial charge on any atom is 0.129 e. The van der Waals surface area contributed by atoms with Crippen LogP contribution in [-0.2, 0) is 0 Å².